The van der Waals surface area contributed by atoms with Crippen LogP contribution in [-0.4, -0.2) is 34.5 Å². The zero-order valence-corrected chi connectivity index (χ0v) is 27.0. The van der Waals surface area contributed by atoms with Crippen LogP contribution in [-0.2, 0) is 31.8 Å². The fourth-order valence-corrected chi connectivity index (χ4v) is 6.35. The lowest BCUT2D eigenvalue weighted by atomic mass is 9.86. The van der Waals surface area contributed by atoms with Crippen molar-refractivity contribution in [2.45, 2.75) is 110 Å². The Hall–Kier alpha value is -3.55. The van der Waals surface area contributed by atoms with E-state index in [0.717, 1.165) is 64.2 Å². The van der Waals surface area contributed by atoms with E-state index in [9.17, 15) is 9.18 Å². The maximum Gasteiger partial charge on any atom is 0.308 e. The van der Waals surface area contributed by atoms with Crippen LogP contribution in [0.3, 0.4) is 0 Å². The molecule has 1 fully saturated rings. The van der Waals surface area contributed by atoms with Gasteiger partial charge in [-0.3, -0.25) is 9.78 Å². The van der Waals surface area contributed by atoms with Crippen molar-refractivity contribution < 1.29 is 23.4 Å². The molecule has 2 heterocycles. The number of esters is 1. The summed E-state index contributed by atoms with van der Waals surface area (Å²) in [7, 11) is 0. The molecule has 0 unspecified atom stereocenters. The topological polar surface area (TPSA) is 83.7 Å². The van der Waals surface area contributed by atoms with Crippen LogP contribution < -0.4 is 5.73 Å². The first-order chi connectivity index (χ1) is 20.7. The number of rotatable bonds is 6. The molecule has 0 amide bonds. The number of carbonyl (C=O) groups is 1. The second-order valence-corrected chi connectivity index (χ2v) is 13.7. The number of aromatic nitrogens is 1. The molecule has 2 aliphatic rings. The Labute approximate surface area is 260 Å². The second kappa shape index (κ2) is 12.4. The van der Waals surface area contributed by atoms with Gasteiger partial charge in [0.15, 0.2) is 5.79 Å². The van der Waals surface area contributed by atoms with Crippen LogP contribution >= 0.6 is 0 Å². The van der Waals surface area contributed by atoms with Gasteiger partial charge in [0.2, 0.25) is 0 Å². The Bertz CT molecular complexity index is 1550. The second-order valence-electron chi connectivity index (χ2n) is 13.7. The van der Waals surface area contributed by atoms with E-state index in [-0.39, 0.29) is 36.3 Å². The minimum atomic E-state index is -0.877. The van der Waals surface area contributed by atoms with Gasteiger partial charge in [0.1, 0.15) is 11.4 Å². The molecule has 3 aromatic rings. The molecule has 1 aliphatic carbocycles. The summed E-state index contributed by atoms with van der Waals surface area (Å²) < 4.78 is 32.1. The number of halogens is 1. The summed E-state index contributed by atoms with van der Waals surface area (Å²) >= 11 is 0. The van der Waals surface area contributed by atoms with Crippen LogP contribution in [0.2, 0.25) is 0 Å². The van der Waals surface area contributed by atoms with Gasteiger partial charge in [-0.15, -0.1) is 0 Å². The maximum atomic E-state index is 14.1. The molecule has 1 saturated heterocycles. The van der Waals surface area contributed by atoms with Gasteiger partial charge in [-0.2, -0.15) is 0 Å². The van der Waals surface area contributed by atoms with Crippen molar-refractivity contribution in [1.82, 2.24) is 4.98 Å². The van der Waals surface area contributed by atoms with Crippen LogP contribution in [0.25, 0.3) is 28.5 Å². The van der Waals surface area contributed by atoms with Gasteiger partial charge in [-0.25, -0.2) is 4.39 Å². The number of hydrogen-bond donors (Lipinski definition) is 1. The molecule has 7 heteroatoms. The minimum Gasteiger partial charge on any atom is -0.460 e. The van der Waals surface area contributed by atoms with Gasteiger partial charge in [-0.05, 0) is 106 Å². The molecule has 1 aliphatic heterocycles. The fourth-order valence-electron chi connectivity index (χ4n) is 6.35. The molecule has 234 valence electrons. The van der Waals surface area contributed by atoms with E-state index < -0.39 is 11.4 Å². The number of aryl methyl sites for hydroxylation is 1. The average Bonchev–Trinajstić information content (AvgIpc) is 3.08. The molecule has 0 saturated carbocycles. The Morgan fingerprint density at radius 1 is 1.14 bits per heavy atom. The van der Waals surface area contributed by atoms with Gasteiger partial charge in [0.25, 0.3) is 0 Å². The van der Waals surface area contributed by atoms with E-state index in [1.54, 1.807) is 0 Å². The fraction of sp³-hybridized carbons (Fsp3) is 0.459. The summed E-state index contributed by atoms with van der Waals surface area (Å²) in [5.74, 6) is -1.32. The maximum absolute atomic E-state index is 14.1. The van der Waals surface area contributed by atoms with Gasteiger partial charge in [-0.1, -0.05) is 44.2 Å². The van der Waals surface area contributed by atoms with E-state index in [1.807, 2.05) is 52.8 Å². The smallest absolute Gasteiger partial charge is 0.308 e. The number of nitrogens with zero attached hydrogens (tertiary/aromatic N) is 1. The number of nitrogens with two attached hydrogens (primary N) is 1. The first-order valence-corrected chi connectivity index (χ1v) is 15.7. The highest BCUT2D eigenvalue weighted by Crippen LogP contribution is 2.42. The molecular weight excluding hydrogens is 555 g/mol. The van der Waals surface area contributed by atoms with Crippen LogP contribution in [0.1, 0.15) is 96.0 Å². The van der Waals surface area contributed by atoms with Crippen molar-refractivity contribution in [3.63, 3.8) is 0 Å². The molecule has 0 bridgehead atoms. The first-order valence-electron chi connectivity index (χ1n) is 15.7. The third-order valence-corrected chi connectivity index (χ3v) is 7.98. The molecule has 2 atom stereocenters. The Kier molecular flexibility index (Phi) is 9.01. The standard InChI is InChI=1S/C37H45FN2O4/c1-22(2)34-31(18-16-27-20-28(43-37(6,7)42-27)21-32(41)44-36(3,4)5)33(23-11-13-25(38)14-12-23)30-10-8-9-24-19-26(39)15-17-29(24)35(30)40-34/h11-19,22,27-28H,8-10,20-21,39H2,1-7H3/b18-16+/t27-,28-/m1/s1. The molecule has 5 rings (SSSR count). The van der Waals surface area contributed by atoms with Crippen LogP contribution in [0.4, 0.5) is 10.1 Å². The lowest BCUT2D eigenvalue weighted by molar-refractivity contribution is -0.290. The van der Waals surface area contributed by atoms with Crippen molar-refractivity contribution in [2.75, 3.05) is 5.73 Å². The zero-order chi connectivity index (χ0) is 31.8. The Morgan fingerprint density at radius 2 is 1.86 bits per heavy atom. The molecule has 0 spiro atoms. The van der Waals surface area contributed by atoms with Crippen molar-refractivity contribution in [3.8, 4) is 22.4 Å². The summed E-state index contributed by atoms with van der Waals surface area (Å²) in [6.45, 7) is 13.6. The summed E-state index contributed by atoms with van der Waals surface area (Å²) in [6.07, 6.45) is 6.87. The van der Waals surface area contributed by atoms with E-state index >= 15 is 0 Å². The largest absolute Gasteiger partial charge is 0.460 e. The number of carbonyl (C=O) groups excluding carboxylic acids is 1. The summed E-state index contributed by atoms with van der Waals surface area (Å²) in [6, 6.07) is 12.8. The van der Waals surface area contributed by atoms with E-state index in [2.05, 4.69) is 38.1 Å². The molecular formula is C37H45FN2O4. The van der Waals surface area contributed by atoms with Crippen molar-refractivity contribution in [3.05, 3.63) is 76.7 Å². The van der Waals surface area contributed by atoms with Crippen molar-refractivity contribution in [2.24, 2.45) is 0 Å². The molecule has 1 aromatic heterocycles. The number of pyridine rings is 1. The molecule has 2 N–H and O–H groups in total. The summed E-state index contributed by atoms with van der Waals surface area (Å²) in [5.41, 5.74) is 14.8. The Morgan fingerprint density at radius 3 is 2.55 bits per heavy atom. The van der Waals surface area contributed by atoms with E-state index in [1.165, 1.54) is 17.7 Å². The minimum absolute atomic E-state index is 0.117. The monoisotopic (exact) mass is 600 g/mol. The third kappa shape index (κ3) is 7.39. The van der Waals surface area contributed by atoms with Crippen molar-refractivity contribution >= 4 is 17.7 Å². The number of nitrogen functional groups attached to an aromatic ring is 1. The third-order valence-electron chi connectivity index (χ3n) is 7.98. The summed E-state index contributed by atoms with van der Waals surface area (Å²) in [5, 5.41) is 0. The predicted octanol–water partition coefficient (Wildman–Crippen LogP) is 8.40. The summed E-state index contributed by atoms with van der Waals surface area (Å²) in [4.78, 5) is 18.0. The molecule has 6 nitrogen and oxygen atoms in total. The van der Waals surface area contributed by atoms with Crippen molar-refractivity contribution in [1.29, 1.82) is 0 Å². The molecule has 44 heavy (non-hydrogen) atoms. The zero-order valence-electron chi connectivity index (χ0n) is 27.0. The SMILES string of the molecule is CC(C)c1nc2c(c(-c3ccc(F)cc3)c1/C=C/[C@@H]1C[C@H](CC(=O)OC(C)(C)C)OC(C)(C)O1)CCCc1cc(N)ccc1-2. The number of anilines is 1. The number of fused-ring (bicyclic) bond motifs is 3. The average molecular weight is 601 g/mol. The van der Waals surface area contributed by atoms with Crippen LogP contribution in [0.5, 0.6) is 0 Å². The van der Waals surface area contributed by atoms with E-state index in [0.29, 0.717) is 6.42 Å². The van der Waals surface area contributed by atoms with Crippen LogP contribution in [0.15, 0.2) is 48.5 Å². The quantitative estimate of drug-likeness (QED) is 0.226. The van der Waals surface area contributed by atoms with Gasteiger partial charge in [0.05, 0.1) is 30.0 Å². The highest BCUT2D eigenvalue weighted by Gasteiger charge is 2.36. The van der Waals surface area contributed by atoms with Gasteiger partial charge < -0.3 is 19.9 Å². The first kappa shape index (κ1) is 31.9. The lowest BCUT2D eigenvalue weighted by Crippen LogP contribution is -2.45. The number of ether oxygens (including phenoxy) is 3. The highest BCUT2D eigenvalue weighted by molar-refractivity contribution is 5.86. The number of benzene rings is 2. The van der Waals surface area contributed by atoms with Crippen LogP contribution in [0, 0.1) is 5.82 Å². The Balaban J connectivity index is 1.60. The van der Waals surface area contributed by atoms with Gasteiger partial charge in [0, 0.05) is 23.2 Å². The highest BCUT2D eigenvalue weighted by atomic mass is 19.1. The van der Waals surface area contributed by atoms with E-state index in [4.69, 9.17) is 24.9 Å². The predicted molar refractivity (Wildman–Crippen MR) is 174 cm³/mol. The number of hydrogen-bond acceptors (Lipinski definition) is 6. The molecule has 2 aromatic carbocycles. The lowest BCUT2D eigenvalue weighted by Gasteiger charge is -2.40. The molecule has 0 radical (unpaired) electrons. The van der Waals surface area contributed by atoms with Gasteiger partial charge >= 0.3 is 5.97 Å². The normalized spacial score (nSPS) is 19.8.